The third kappa shape index (κ3) is 16.3. The van der Waals surface area contributed by atoms with Crippen LogP contribution in [0, 0.1) is 0 Å². The summed E-state index contributed by atoms with van der Waals surface area (Å²) in [6.07, 6.45) is 0. The van der Waals surface area contributed by atoms with E-state index in [1.807, 2.05) is 0 Å². The third-order valence-corrected chi connectivity index (χ3v) is 2.14. The van der Waals surface area contributed by atoms with Crippen molar-refractivity contribution in [3.05, 3.63) is 0 Å². The Morgan fingerprint density at radius 3 is 0.909 bits per heavy atom. The van der Waals surface area contributed by atoms with Crippen LogP contribution in [-0.2, 0) is 35.7 Å². The quantitative estimate of drug-likeness (QED) is 0.311. The Morgan fingerprint density at radius 2 is 0.773 bits per heavy atom. The Labute approximate surface area is 178 Å². The van der Waals surface area contributed by atoms with Gasteiger partial charge in [-0.05, 0) is 0 Å². The average Bonchev–Trinajstić information content (AvgIpc) is 2.22. The van der Waals surface area contributed by atoms with E-state index in [9.17, 15) is 39.6 Å². The summed E-state index contributed by atoms with van der Waals surface area (Å²) in [5, 5.41) is 41.6. The molecule has 10 nitrogen and oxygen atoms in total. The summed E-state index contributed by atoms with van der Waals surface area (Å²) in [6, 6.07) is 0. The maximum Gasteiger partial charge on any atom is 2.00 e. The van der Waals surface area contributed by atoms with Gasteiger partial charge in [0.1, 0.15) is 0 Å². The van der Waals surface area contributed by atoms with Gasteiger partial charge in [0, 0.05) is 39.3 Å². The van der Waals surface area contributed by atoms with Gasteiger partial charge < -0.3 is 39.6 Å². The van der Waals surface area contributed by atoms with Crippen molar-refractivity contribution in [1.82, 2.24) is 9.80 Å². The number of hydrogen-bond donors (Lipinski definition) is 0. The number of carbonyl (C=O) groups excluding carboxylic acids is 4. The maximum atomic E-state index is 10.4. The standard InChI is InChI=1S/C10H16N2O8.K.Ni/c13-7(14)3-11(4-8(15)16)1-2-12(5-9(17)18)6-10(19)20;;/h1-6H2,(H,13,14)(H,15,16)(H,17,18)(H,19,20);;/q;+1;+2/p-4. The van der Waals surface area contributed by atoms with Gasteiger partial charge in [-0.3, -0.25) is 9.80 Å². The van der Waals surface area contributed by atoms with E-state index in [-0.39, 0.29) is 81.0 Å². The Hall–Kier alpha value is -0.0701. The average molecular weight is 386 g/mol. The molecular weight excluding hydrogens is 374 g/mol. The van der Waals surface area contributed by atoms with E-state index in [1.54, 1.807) is 0 Å². The molecule has 12 heteroatoms. The number of carboxylic acid groups (broad SMARTS) is 4. The van der Waals surface area contributed by atoms with Gasteiger partial charge in [0.2, 0.25) is 0 Å². The minimum Gasteiger partial charge on any atom is -0.549 e. The normalized spacial score (nSPS) is 9.73. The van der Waals surface area contributed by atoms with Gasteiger partial charge in [-0.1, -0.05) is 0 Å². The first-order chi connectivity index (χ1) is 9.20. The van der Waals surface area contributed by atoms with Crippen molar-refractivity contribution >= 4 is 23.9 Å². The van der Waals surface area contributed by atoms with Crippen LogP contribution in [0.2, 0.25) is 0 Å². The van der Waals surface area contributed by atoms with E-state index < -0.39 is 50.1 Å². The van der Waals surface area contributed by atoms with Gasteiger partial charge in [0.05, 0.1) is 23.9 Å². The molecule has 0 rings (SSSR count). The van der Waals surface area contributed by atoms with Gasteiger partial charge in [0.25, 0.3) is 0 Å². The van der Waals surface area contributed by atoms with Crippen LogP contribution in [0.1, 0.15) is 0 Å². The molecule has 22 heavy (non-hydrogen) atoms. The summed E-state index contributed by atoms with van der Waals surface area (Å²) in [6.45, 7) is -3.25. The van der Waals surface area contributed by atoms with Gasteiger partial charge in [-0.2, -0.15) is 0 Å². The summed E-state index contributed by atoms with van der Waals surface area (Å²) in [5.74, 6) is -6.12. The molecule has 0 aromatic carbocycles. The van der Waals surface area contributed by atoms with Crippen LogP contribution < -0.4 is 71.8 Å². The zero-order chi connectivity index (χ0) is 15.7. The van der Waals surface area contributed by atoms with Crippen LogP contribution in [0.25, 0.3) is 0 Å². The van der Waals surface area contributed by atoms with Crippen LogP contribution >= 0.6 is 0 Å². The molecule has 122 valence electrons. The maximum absolute atomic E-state index is 10.4. The largest absolute Gasteiger partial charge is 2.00 e. The Morgan fingerprint density at radius 1 is 0.591 bits per heavy atom. The molecule has 0 aromatic rings. The second kappa shape index (κ2) is 14.5. The van der Waals surface area contributed by atoms with Gasteiger partial charge in [-0.25, -0.2) is 0 Å². The number of rotatable bonds is 11. The summed E-state index contributed by atoms with van der Waals surface area (Å²) in [5.41, 5.74) is 0. The number of aliphatic carboxylic acids is 4. The van der Waals surface area contributed by atoms with E-state index in [2.05, 4.69) is 0 Å². The molecule has 0 bridgehead atoms. The third-order valence-electron chi connectivity index (χ3n) is 2.14. The molecule has 0 aliphatic rings. The topological polar surface area (TPSA) is 167 Å². The van der Waals surface area contributed by atoms with Gasteiger partial charge in [0.15, 0.2) is 0 Å². The molecule has 0 heterocycles. The predicted octanol–water partition coefficient (Wildman–Crippen LogP) is -10.4. The zero-order valence-corrected chi connectivity index (χ0v) is 15.8. The van der Waals surface area contributed by atoms with Crippen LogP contribution in [-0.4, -0.2) is 72.9 Å². The van der Waals surface area contributed by atoms with E-state index >= 15 is 0 Å². The molecule has 0 aromatic heterocycles. The fourth-order valence-corrected chi connectivity index (χ4v) is 1.44. The molecule has 0 saturated carbocycles. The monoisotopic (exact) mass is 385 g/mol. The molecule has 0 atom stereocenters. The van der Waals surface area contributed by atoms with Crippen molar-refractivity contribution < 1.29 is 107 Å². The van der Waals surface area contributed by atoms with Crippen LogP contribution in [0.15, 0.2) is 0 Å². The number of hydrogen-bond acceptors (Lipinski definition) is 10. The number of carbonyl (C=O) groups is 4. The van der Waals surface area contributed by atoms with Crippen molar-refractivity contribution in [3.8, 4) is 0 Å². The summed E-state index contributed by atoms with van der Waals surface area (Å²) in [4.78, 5) is 43.4. The summed E-state index contributed by atoms with van der Waals surface area (Å²) in [7, 11) is 0. The fraction of sp³-hybridized carbons (Fsp3) is 0.600. The summed E-state index contributed by atoms with van der Waals surface area (Å²) < 4.78 is 0. The molecule has 0 unspecified atom stereocenters. The van der Waals surface area contributed by atoms with Crippen molar-refractivity contribution in [2.75, 3.05) is 39.3 Å². The smallest absolute Gasteiger partial charge is 0.549 e. The molecule has 0 spiro atoms. The van der Waals surface area contributed by atoms with Crippen LogP contribution in [0.5, 0.6) is 0 Å². The fourth-order valence-electron chi connectivity index (χ4n) is 1.44. The van der Waals surface area contributed by atoms with Gasteiger partial charge >= 0.3 is 67.9 Å². The molecular formula is C10H12KN2NiO8-. The second-order valence-corrected chi connectivity index (χ2v) is 3.91. The van der Waals surface area contributed by atoms with Crippen molar-refractivity contribution in [3.63, 3.8) is 0 Å². The first kappa shape index (κ1) is 26.8. The molecule has 0 N–H and O–H groups in total. The van der Waals surface area contributed by atoms with Crippen molar-refractivity contribution in [1.29, 1.82) is 0 Å². The Bertz CT molecular complexity index is 327. The van der Waals surface area contributed by atoms with Gasteiger partial charge in [-0.15, -0.1) is 0 Å². The van der Waals surface area contributed by atoms with Crippen molar-refractivity contribution in [2.24, 2.45) is 0 Å². The van der Waals surface area contributed by atoms with Crippen LogP contribution in [0.4, 0.5) is 0 Å². The predicted molar refractivity (Wildman–Crippen MR) is 52.9 cm³/mol. The molecule has 0 aliphatic heterocycles. The Kier molecular flexibility index (Phi) is 17.7. The molecule has 0 aliphatic carbocycles. The minimum absolute atomic E-state index is 0. The van der Waals surface area contributed by atoms with E-state index in [4.69, 9.17) is 0 Å². The van der Waals surface area contributed by atoms with E-state index in [1.165, 1.54) is 0 Å². The van der Waals surface area contributed by atoms with E-state index in [0.717, 1.165) is 9.80 Å². The molecule has 0 fully saturated rings. The van der Waals surface area contributed by atoms with Crippen LogP contribution in [0.3, 0.4) is 0 Å². The number of nitrogens with zero attached hydrogens (tertiary/aromatic N) is 2. The number of carboxylic acids is 4. The first-order valence-electron chi connectivity index (χ1n) is 5.44. The van der Waals surface area contributed by atoms with E-state index in [0.29, 0.717) is 0 Å². The van der Waals surface area contributed by atoms with Crippen molar-refractivity contribution in [2.45, 2.75) is 0 Å². The first-order valence-corrected chi connectivity index (χ1v) is 5.44. The SMILES string of the molecule is O=C([O-])CN(CCN(CC(=O)[O-])CC(=O)[O-])CC(=O)[O-].[K+].[Ni+2]. The summed E-state index contributed by atoms with van der Waals surface area (Å²) >= 11 is 0. The molecule has 0 radical (unpaired) electrons. The Balaban J connectivity index is -0.00000180. The zero-order valence-electron chi connectivity index (χ0n) is 11.7. The second-order valence-electron chi connectivity index (χ2n) is 3.91. The molecule has 0 saturated heterocycles. The molecule has 0 amide bonds. The minimum atomic E-state index is -1.53.